The molecule has 2 amide bonds. The van der Waals surface area contributed by atoms with Gasteiger partial charge in [-0.2, -0.15) is 4.98 Å². The fourth-order valence-corrected chi connectivity index (χ4v) is 3.15. The molecule has 2 heterocycles. The van der Waals surface area contributed by atoms with Crippen LogP contribution in [0.2, 0.25) is 0 Å². The second-order valence-corrected chi connectivity index (χ2v) is 6.80. The second kappa shape index (κ2) is 9.36. The first kappa shape index (κ1) is 19.9. The monoisotopic (exact) mass is 386 g/mol. The normalized spacial score (nSPS) is 16.0. The highest BCUT2D eigenvalue weighted by atomic mass is 16.5. The number of carbonyl (C=O) groups excluding carboxylic acids is 1. The lowest BCUT2D eigenvalue weighted by molar-refractivity contribution is 0.0682. The molecule has 0 spiro atoms. The van der Waals surface area contributed by atoms with Crippen LogP contribution in [0.1, 0.15) is 24.2 Å². The molecule has 0 bridgehead atoms. The van der Waals surface area contributed by atoms with Crippen molar-refractivity contribution in [3.63, 3.8) is 0 Å². The van der Waals surface area contributed by atoms with Crippen molar-refractivity contribution in [2.45, 2.75) is 39.3 Å². The van der Waals surface area contributed by atoms with E-state index >= 15 is 0 Å². The molecule has 1 aliphatic heterocycles. The lowest BCUT2D eigenvalue weighted by atomic mass is 10.2. The van der Waals surface area contributed by atoms with Gasteiger partial charge in [-0.1, -0.05) is 12.1 Å². The standard InChI is InChI=1S/C20H26N4O4/c1-14-12-15(2)24(20(26)22-14)10-9-21-19(25)23-17-7-3-4-8-18(17)28-13-16-6-5-11-27-16/h3-4,7-8,12,16H,5-6,9-11,13H2,1-2H3,(H2,21,23,25)/t16-/m0/s1. The molecular weight excluding hydrogens is 360 g/mol. The van der Waals surface area contributed by atoms with E-state index in [-0.39, 0.29) is 17.8 Å². The fraction of sp³-hybridized carbons (Fsp3) is 0.450. The van der Waals surface area contributed by atoms with Gasteiger partial charge in [0, 0.05) is 31.1 Å². The minimum Gasteiger partial charge on any atom is -0.489 e. The van der Waals surface area contributed by atoms with Gasteiger partial charge in [-0.05, 0) is 44.9 Å². The first-order valence-electron chi connectivity index (χ1n) is 9.46. The van der Waals surface area contributed by atoms with Gasteiger partial charge in [-0.3, -0.25) is 4.57 Å². The first-order valence-corrected chi connectivity index (χ1v) is 9.46. The molecular formula is C20H26N4O4. The Balaban J connectivity index is 1.51. The fourth-order valence-electron chi connectivity index (χ4n) is 3.15. The van der Waals surface area contributed by atoms with Crippen LogP contribution in [0.25, 0.3) is 0 Å². The van der Waals surface area contributed by atoms with E-state index in [0.717, 1.165) is 25.1 Å². The second-order valence-electron chi connectivity index (χ2n) is 6.80. The topological polar surface area (TPSA) is 94.5 Å². The maximum Gasteiger partial charge on any atom is 0.348 e. The molecule has 1 fully saturated rings. The summed E-state index contributed by atoms with van der Waals surface area (Å²) in [6, 6.07) is 8.75. The number of para-hydroxylation sites is 2. The van der Waals surface area contributed by atoms with E-state index in [0.29, 0.717) is 36.8 Å². The molecule has 2 N–H and O–H groups in total. The van der Waals surface area contributed by atoms with Gasteiger partial charge in [0.25, 0.3) is 0 Å². The van der Waals surface area contributed by atoms with Crippen LogP contribution >= 0.6 is 0 Å². The van der Waals surface area contributed by atoms with Crippen LogP contribution in [0, 0.1) is 13.8 Å². The smallest absolute Gasteiger partial charge is 0.348 e. The molecule has 0 radical (unpaired) electrons. The quantitative estimate of drug-likeness (QED) is 0.761. The zero-order valence-electron chi connectivity index (χ0n) is 16.2. The summed E-state index contributed by atoms with van der Waals surface area (Å²) in [5.41, 5.74) is 1.77. The number of nitrogens with zero attached hydrogens (tertiary/aromatic N) is 2. The average Bonchev–Trinajstić information content (AvgIpc) is 3.17. The number of anilines is 1. The Morgan fingerprint density at radius 2 is 2.18 bits per heavy atom. The summed E-state index contributed by atoms with van der Waals surface area (Å²) >= 11 is 0. The van der Waals surface area contributed by atoms with Crippen molar-refractivity contribution in [3.8, 4) is 5.75 Å². The summed E-state index contributed by atoms with van der Waals surface area (Å²) in [5.74, 6) is 0.600. The van der Waals surface area contributed by atoms with Crippen LogP contribution in [0.3, 0.4) is 0 Å². The highest BCUT2D eigenvalue weighted by Crippen LogP contribution is 2.24. The zero-order chi connectivity index (χ0) is 19.9. The van der Waals surface area contributed by atoms with Crippen molar-refractivity contribution in [2.75, 3.05) is 25.1 Å². The Morgan fingerprint density at radius 3 is 2.93 bits per heavy atom. The summed E-state index contributed by atoms with van der Waals surface area (Å²) < 4.78 is 12.9. The largest absolute Gasteiger partial charge is 0.489 e. The molecule has 2 aromatic rings. The molecule has 1 aliphatic rings. The van der Waals surface area contributed by atoms with Crippen molar-refractivity contribution < 1.29 is 14.3 Å². The van der Waals surface area contributed by atoms with Gasteiger partial charge < -0.3 is 20.1 Å². The Kier molecular flexibility index (Phi) is 6.65. The third-order valence-electron chi connectivity index (χ3n) is 4.55. The van der Waals surface area contributed by atoms with Gasteiger partial charge in [0.05, 0.1) is 11.8 Å². The Bertz CT molecular complexity index is 875. The maximum atomic E-state index is 12.2. The summed E-state index contributed by atoms with van der Waals surface area (Å²) in [4.78, 5) is 28.1. The lowest BCUT2D eigenvalue weighted by Gasteiger charge is -2.15. The molecule has 1 saturated heterocycles. The Labute approximate surface area is 163 Å². The van der Waals surface area contributed by atoms with E-state index in [1.165, 1.54) is 4.57 Å². The van der Waals surface area contributed by atoms with Crippen LogP contribution in [0.5, 0.6) is 5.75 Å². The van der Waals surface area contributed by atoms with Crippen molar-refractivity contribution in [1.82, 2.24) is 14.9 Å². The van der Waals surface area contributed by atoms with Crippen LogP contribution in [0.4, 0.5) is 10.5 Å². The molecule has 1 atom stereocenters. The van der Waals surface area contributed by atoms with Gasteiger partial charge in [0.2, 0.25) is 0 Å². The summed E-state index contributed by atoms with van der Waals surface area (Å²) in [6.45, 7) is 5.51. The molecule has 0 aliphatic carbocycles. The molecule has 3 rings (SSSR count). The third kappa shape index (κ3) is 5.32. The molecule has 28 heavy (non-hydrogen) atoms. The molecule has 1 aromatic heterocycles. The van der Waals surface area contributed by atoms with E-state index < -0.39 is 0 Å². The number of aryl methyl sites for hydroxylation is 2. The van der Waals surface area contributed by atoms with Gasteiger partial charge in [-0.15, -0.1) is 0 Å². The molecule has 0 unspecified atom stereocenters. The number of hydrogen-bond donors (Lipinski definition) is 2. The number of urea groups is 1. The number of rotatable bonds is 7. The Morgan fingerprint density at radius 1 is 1.36 bits per heavy atom. The van der Waals surface area contributed by atoms with Gasteiger partial charge >= 0.3 is 11.7 Å². The van der Waals surface area contributed by atoms with Crippen LogP contribution in [-0.2, 0) is 11.3 Å². The third-order valence-corrected chi connectivity index (χ3v) is 4.55. The number of amides is 2. The summed E-state index contributed by atoms with van der Waals surface area (Å²) in [7, 11) is 0. The van der Waals surface area contributed by atoms with E-state index in [1.54, 1.807) is 13.0 Å². The minimum absolute atomic E-state index is 0.103. The Hall–Kier alpha value is -2.87. The van der Waals surface area contributed by atoms with Crippen LogP contribution in [-0.4, -0.2) is 41.4 Å². The minimum atomic E-state index is -0.362. The number of hydrogen-bond acceptors (Lipinski definition) is 5. The predicted octanol–water partition coefficient (Wildman–Crippen LogP) is 2.24. The number of benzene rings is 1. The molecule has 8 heteroatoms. The highest BCUT2D eigenvalue weighted by Gasteiger charge is 2.17. The van der Waals surface area contributed by atoms with Crippen molar-refractivity contribution >= 4 is 11.7 Å². The first-order chi connectivity index (χ1) is 13.5. The summed E-state index contributed by atoms with van der Waals surface area (Å²) in [6.07, 6.45) is 2.14. The average molecular weight is 386 g/mol. The number of carbonyl (C=O) groups is 1. The van der Waals surface area contributed by atoms with Crippen molar-refractivity contribution in [3.05, 3.63) is 52.2 Å². The van der Waals surface area contributed by atoms with E-state index in [2.05, 4.69) is 15.6 Å². The number of nitrogens with one attached hydrogen (secondary N) is 2. The predicted molar refractivity (Wildman–Crippen MR) is 106 cm³/mol. The molecule has 150 valence electrons. The highest BCUT2D eigenvalue weighted by molar-refractivity contribution is 5.90. The maximum absolute atomic E-state index is 12.2. The van der Waals surface area contributed by atoms with Crippen molar-refractivity contribution in [2.24, 2.45) is 0 Å². The number of aromatic nitrogens is 2. The number of ether oxygens (including phenoxy) is 2. The molecule has 0 saturated carbocycles. The van der Waals surface area contributed by atoms with E-state index in [4.69, 9.17) is 9.47 Å². The lowest BCUT2D eigenvalue weighted by Crippen LogP contribution is -2.35. The zero-order valence-corrected chi connectivity index (χ0v) is 16.2. The van der Waals surface area contributed by atoms with Gasteiger partial charge in [0.1, 0.15) is 12.4 Å². The summed E-state index contributed by atoms with van der Waals surface area (Å²) in [5, 5.41) is 5.55. The van der Waals surface area contributed by atoms with Gasteiger partial charge in [-0.25, -0.2) is 9.59 Å². The van der Waals surface area contributed by atoms with E-state index in [1.807, 2.05) is 31.2 Å². The van der Waals surface area contributed by atoms with E-state index in [9.17, 15) is 9.59 Å². The van der Waals surface area contributed by atoms with Crippen LogP contribution in [0.15, 0.2) is 35.1 Å². The van der Waals surface area contributed by atoms with Crippen LogP contribution < -0.4 is 21.1 Å². The van der Waals surface area contributed by atoms with Gasteiger partial charge in [0.15, 0.2) is 0 Å². The SMILES string of the molecule is Cc1cc(C)n(CCNC(=O)Nc2ccccc2OC[C@@H]2CCCO2)c(=O)n1. The molecule has 8 nitrogen and oxygen atoms in total. The van der Waals surface area contributed by atoms with Crippen molar-refractivity contribution in [1.29, 1.82) is 0 Å². The molecule has 1 aromatic carbocycles.